The summed E-state index contributed by atoms with van der Waals surface area (Å²) in [6.45, 7) is 4.50. The Bertz CT molecular complexity index is 1290. The minimum absolute atomic E-state index is 0.101. The fourth-order valence-corrected chi connectivity index (χ4v) is 6.38. The van der Waals surface area contributed by atoms with Crippen LogP contribution in [-0.2, 0) is 24.1 Å². The zero-order valence-electron chi connectivity index (χ0n) is 18.2. The van der Waals surface area contributed by atoms with E-state index in [-0.39, 0.29) is 11.7 Å². The number of nitrogens with zero attached hydrogens (tertiary/aromatic N) is 4. The van der Waals surface area contributed by atoms with E-state index in [2.05, 4.69) is 34.1 Å². The number of aryl methyl sites for hydroxylation is 1. The molecule has 1 N–H and O–H groups in total. The van der Waals surface area contributed by atoms with Crippen molar-refractivity contribution in [2.24, 2.45) is 5.92 Å². The Morgan fingerprint density at radius 1 is 1.16 bits per heavy atom. The van der Waals surface area contributed by atoms with Crippen LogP contribution in [0.2, 0.25) is 0 Å². The van der Waals surface area contributed by atoms with Gasteiger partial charge in [0.15, 0.2) is 0 Å². The van der Waals surface area contributed by atoms with Gasteiger partial charge in [0, 0.05) is 17.3 Å². The van der Waals surface area contributed by atoms with Gasteiger partial charge in [-0.2, -0.15) is 0 Å². The SMILES string of the molecule is CC(C)Cc1nc2sc3c(SCC(=O)Nc4ccccn4)ncnc3c2c2c1CCCC2. The Hall–Kier alpha value is -2.58. The molecule has 5 rings (SSSR count). The lowest BCUT2D eigenvalue weighted by molar-refractivity contribution is -0.113. The second-order valence-electron chi connectivity index (χ2n) is 8.51. The highest BCUT2D eigenvalue weighted by atomic mass is 32.2. The van der Waals surface area contributed by atoms with Gasteiger partial charge < -0.3 is 5.32 Å². The lowest BCUT2D eigenvalue weighted by Crippen LogP contribution is -2.14. The molecule has 4 aromatic heterocycles. The molecule has 8 heteroatoms. The van der Waals surface area contributed by atoms with Crippen molar-refractivity contribution in [3.05, 3.63) is 47.5 Å². The first kappa shape index (κ1) is 21.3. The highest BCUT2D eigenvalue weighted by Crippen LogP contribution is 2.41. The van der Waals surface area contributed by atoms with E-state index in [1.165, 1.54) is 46.8 Å². The summed E-state index contributed by atoms with van der Waals surface area (Å²) in [5.41, 5.74) is 5.12. The molecule has 1 amide bonds. The van der Waals surface area contributed by atoms with Crippen LogP contribution >= 0.6 is 23.1 Å². The zero-order valence-corrected chi connectivity index (χ0v) is 19.9. The van der Waals surface area contributed by atoms with Crippen molar-refractivity contribution < 1.29 is 4.79 Å². The maximum atomic E-state index is 12.4. The van der Waals surface area contributed by atoms with Gasteiger partial charge in [0.2, 0.25) is 5.91 Å². The van der Waals surface area contributed by atoms with Crippen molar-refractivity contribution in [1.82, 2.24) is 19.9 Å². The van der Waals surface area contributed by atoms with Gasteiger partial charge in [0.25, 0.3) is 0 Å². The van der Waals surface area contributed by atoms with E-state index in [1.54, 1.807) is 29.9 Å². The molecule has 0 unspecified atom stereocenters. The molecule has 6 nitrogen and oxygen atoms in total. The third-order valence-corrected chi connectivity index (χ3v) is 7.85. The molecule has 4 aromatic rings. The molecule has 0 aromatic carbocycles. The number of hydrogen-bond acceptors (Lipinski definition) is 7. The van der Waals surface area contributed by atoms with Crippen molar-refractivity contribution in [3.63, 3.8) is 0 Å². The number of pyridine rings is 2. The minimum atomic E-state index is -0.101. The highest BCUT2D eigenvalue weighted by Gasteiger charge is 2.23. The van der Waals surface area contributed by atoms with Crippen molar-refractivity contribution in [3.8, 4) is 0 Å². The fourth-order valence-electron chi connectivity index (χ4n) is 4.33. The first-order valence-corrected chi connectivity index (χ1v) is 12.8. The van der Waals surface area contributed by atoms with Gasteiger partial charge in [0.05, 0.1) is 16.0 Å². The van der Waals surface area contributed by atoms with Crippen molar-refractivity contribution in [1.29, 1.82) is 0 Å². The molecule has 0 saturated heterocycles. The first-order valence-electron chi connectivity index (χ1n) is 11.0. The van der Waals surface area contributed by atoms with Crippen LogP contribution in [-0.4, -0.2) is 31.6 Å². The molecule has 0 spiro atoms. The molecule has 0 fully saturated rings. The van der Waals surface area contributed by atoms with E-state index < -0.39 is 0 Å². The number of nitrogens with one attached hydrogen (secondary N) is 1. The summed E-state index contributed by atoms with van der Waals surface area (Å²) in [5, 5.41) is 4.87. The molecule has 0 aliphatic heterocycles. The topological polar surface area (TPSA) is 80.7 Å². The second kappa shape index (κ2) is 9.11. The molecule has 1 aliphatic carbocycles. The van der Waals surface area contributed by atoms with E-state index in [0.717, 1.165) is 39.3 Å². The maximum Gasteiger partial charge on any atom is 0.235 e. The number of anilines is 1. The summed E-state index contributed by atoms with van der Waals surface area (Å²) in [5.74, 6) is 1.29. The van der Waals surface area contributed by atoms with Crippen LogP contribution in [0, 0.1) is 5.92 Å². The van der Waals surface area contributed by atoms with Crippen molar-refractivity contribution in [2.75, 3.05) is 11.1 Å². The van der Waals surface area contributed by atoms with Crippen LogP contribution in [0.5, 0.6) is 0 Å². The number of carbonyl (C=O) groups excluding carboxylic acids is 1. The fraction of sp³-hybridized carbons (Fsp3) is 0.375. The third-order valence-electron chi connectivity index (χ3n) is 5.65. The number of thioether (sulfide) groups is 1. The Balaban J connectivity index is 1.49. The number of thiophene rings is 1. The van der Waals surface area contributed by atoms with E-state index in [0.29, 0.717) is 11.7 Å². The van der Waals surface area contributed by atoms with E-state index in [4.69, 9.17) is 4.98 Å². The number of carbonyl (C=O) groups is 1. The summed E-state index contributed by atoms with van der Waals surface area (Å²) in [6.07, 6.45) is 8.93. The normalized spacial score (nSPS) is 13.6. The van der Waals surface area contributed by atoms with Crippen LogP contribution in [0.3, 0.4) is 0 Å². The van der Waals surface area contributed by atoms with Gasteiger partial charge >= 0.3 is 0 Å². The standard InChI is InChI=1S/C24H25N5OS2/c1-14(2)11-17-15-7-3-4-8-16(15)20-21-22(32-23(20)28-17)24(27-13-26-21)31-12-19(30)29-18-9-5-6-10-25-18/h5-6,9-10,13-14H,3-4,7-8,11-12H2,1-2H3,(H,25,29,30). The number of hydrogen-bond donors (Lipinski definition) is 1. The number of rotatable bonds is 6. The van der Waals surface area contributed by atoms with E-state index in [1.807, 2.05) is 12.1 Å². The summed E-state index contributed by atoms with van der Waals surface area (Å²) in [4.78, 5) is 31.9. The third kappa shape index (κ3) is 4.21. The predicted molar refractivity (Wildman–Crippen MR) is 131 cm³/mol. The summed E-state index contributed by atoms with van der Waals surface area (Å²) >= 11 is 3.09. The molecule has 164 valence electrons. The van der Waals surface area contributed by atoms with Crippen LogP contribution in [0.25, 0.3) is 20.4 Å². The van der Waals surface area contributed by atoms with Gasteiger partial charge in [-0.25, -0.2) is 19.9 Å². The molecule has 0 atom stereocenters. The lowest BCUT2D eigenvalue weighted by Gasteiger charge is -2.20. The smallest absolute Gasteiger partial charge is 0.235 e. The number of aromatic nitrogens is 4. The average molecular weight is 464 g/mol. The molecular weight excluding hydrogens is 438 g/mol. The van der Waals surface area contributed by atoms with Gasteiger partial charge in [-0.1, -0.05) is 31.7 Å². The Morgan fingerprint density at radius 2 is 2.00 bits per heavy atom. The van der Waals surface area contributed by atoms with Crippen molar-refractivity contribution >= 4 is 55.3 Å². The maximum absolute atomic E-state index is 12.4. The Labute approximate surface area is 195 Å². The van der Waals surface area contributed by atoms with E-state index >= 15 is 0 Å². The van der Waals surface area contributed by atoms with Crippen LogP contribution < -0.4 is 5.32 Å². The molecule has 32 heavy (non-hydrogen) atoms. The highest BCUT2D eigenvalue weighted by molar-refractivity contribution is 8.00. The van der Waals surface area contributed by atoms with E-state index in [9.17, 15) is 4.79 Å². The van der Waals surface area contributed by atoms with Crippen LogP contribution in [0.15, 0.2) is 35.7 Å². The van der Waals surface area contributed by atoms with Crippen molar-refractivity contribution in [2.45, 2.75) is 51.0 Å². The first-order chi connectivity index (χ1) is 15.6. The molecule has 1 aliphatic rings. The largest absolute Gasteiger partial charge is 0.310 e. The summed E-state index contributed by atoms with van der Waals surface area (Å²) < 4.78 is 1.03. The monoisotopic (exact) mass is 463 g/mol. The average Bonchev–Trinajstić information content (AvgIpc) is 3.17. The van der Waals surface area contributed by atoms with Crippen LogP contribution in [0.4, 0.5) is 5.82 Å². The number of fused-ring (bicyclic) bond motifs is 5. The molecule has 0 saturated carbocycles. The van der Waals surface area contributed by atoms with Gasteiger partial charge in [-0.05, 0) is 61.3 Å². The molecule has 0 radical (unpaired) electrons. The minimum Gasteiger partial charge on any atom is -0.310 e. The Morgan fingerprint density at radius 3 is 2.78 bits per heavy atom. The number of amides is 1. The molecule has 0 bridgehead atoms. The summed E-state index contributed by atoms with van der Waals surface area (Å²) in [6, 6.07) is 5.45. The van der Waals surface area contributed by atoms with Gasteiger partial charge in [-0.3, -0.25) is 4.79 Å². The predicted octanol–water partition coefficient (Wildman–Crippen LogP) is 5.44. The second-order valence-corrected chi connectivity index (χ2v) is 10.5. The Kier molecular flexibility index (Phi) is 6.06. The molecular formula is C24H25N5OS2. The van der Waals surface area contributed by atoms with Crippen LogP contribution in [0.1, 0.15) is 43.5 Å². The summed E-state index contributed by atoms with van der Waals surface area (Å²) in [7, 11) is 0. The van der Waals surface area contributed by atoms with Gasteiger partial charge in [0.1, 0.15) is 22.0 Å². The molecule has 4 heterocycles. The van der Waals surface area contributed by atoms with Gasteiger partial charge in [-0.15, -0.1) is 11.3 Å². The quantitative estimate of drug-likeness (QED) is 0.303. The lowest BCUT2D eigenvalue weighted by atomic mass is 9.87. The zero-order chi connectivity index (χ0) is 22.1.